The van der Waals surface area contributed by atoms with Crippen LogP contribution in [0.25, 0.3) is 0 Å². The molecule has 0 aromatic carbocycles. The maximum atomic E-state index is 13.2. The van der Waals surface area contributed by atoms with Gasteiger partial charge in [0.15, 0.2) is 0 Å². The Balaban J connectivity index is 2.62. The standard InChI is InChI=1S/C10H18FN/c1-8(2)9-4-5-12(3)7-10(11)6-9/h4,8,10H,5-7H2,1-3H3. The van der Waals surface area contributed by atoms with Crippen molar-refractivity contribution in [2.75, 3.05) is 20.1 Å². The molecule has 0 bridgehead atoms. The zero-order chi connectivity index (χ0) is 9.14. The minimum absolute atomic E-state index is 0.495. The van der Waals surface area contributed by atoms with Gasteiger partial charge < -0.3 is 0 Å². The Bertz CT molecular complexity index is 175. The molecule has 1 atom stereocenters. The second-order valence-electron chi connectivity index (χ2n) is 3.96. The van der Waals surface area contributed by atoms with E-state index in [1.165, 1.54) is 5.57 Å². The molecule has 2 heteroatoms. The Morgan fingerprint density at radius 3 is 2.83 bits per heavy atom. The molecule has 0 spiro atoms. The van der Waals surface area contributed by atoms with Gasteiger partial charge in [0, 0.05) is 19.5 Å². The average Bonchev–Trinajstić information content (AvgIpc) is 2.11. The molecule has 1 nitrogen and oxygen atoms in total. The number of alkyl halides is 1. The third-order valence-electron chi connectivity index (χ3n) is 2.37. The van der Waals surface area contributed by atoms with Gasteiger partial charge in [0.2, 0.25) is 0 Å². The van der Waals surface area contributed by atoms with Crippen LogP contribution in [0.15, 0.2) is 11.6 Å². The summed E-state index contributed by atoms with van der Waals surface area (Å²) >= 11 is 0. The fourth-order valence-electron chi connectivity index (χ4n) is 1.56. The molecule has 1 rings (SSSR count). The highest BCUT2D eigenvalue weighted by molar-refractivity contribution is 5.09. The molecule has 0 radical (unpaired) electrons. The first-order valence-corrected chi connectivity index (χ1v) is 4.61. The Labute approximate surface area is 74.3 Å². The molecule has 1 aliphatic rings. The molecular weight excluding hydrogens is 153 g/mol. The van der Waals surface area contributed by atoms with Gasteiger partial charge in [0.1, 0.15) is 6.17 Å². The fraction of sp³-hybridized carbons (Fsp3) is 0.800. The highest BCUT2D eigenvalue weighted by Crippen LogP contribution is 2.20. The van der Waals surface area contributed by atoms with Crippen molar-refractivity contribution in [3.8, 4) is 0 Å². The zero-order valence-electron chi connectivity index (χ0n) is 8.18. The molecule has 1 aliphatic heterocycles. The van der Waals surface area contributed by atoms with E-state index in [1.54, 1.807) is 0 Å². The number of nitrogens with zero attached hydrogens (tertiary/aromatic N) is 1. The predicted octanol–water partition coefficient (Wildman–Crippen LogP) is 2.24. The predicted molar refractivity (Wildman–Crippen MR) is 49.9 cm³/mol. The normalized spacial score (nSPS) is 27.1. The molecule has 0 saturated carbocycles. The zero-order valence-corrected chi connectivity index (χ0v) is 8.18. The minimum Gasteiger partial charge on any atom is -0.300 e. The summed E-state index contributed by atoms with van der Waals surface area (Å²) in [6.45, 7) is 5.73. The summed E-state index contributed by atoms with van der Waals surface area (Å²) in [5.41, 5.74) is 1.27. The van der Waals surface area contributed by atoms with Gasteiger partial charge in [0.25, 0.3) is 0 Å². The van der Waals surface area contributed by atoms with Crippen LogP contribution in [0.5, 0.6) is 0 Å². The molecule has 0 fully saturated rings. The smallest absolute Gasteiger partial charge is 0.116 e. The number of halogens is 1. The van der Waals surface area contributed by atoms with Crippen LogP contribution in [-0.4, -0.2) is 31.2 Å². The Morgan fingerprint density at radius 2 is 2.25 bits per heavy atom. The van der Waals surface area contributed by atoms with Gasteiger partial charge in [-0.15, -0.1) is 0 Å². The average molecular weight is 171 g/mol. The molecular formula is C10H18FN. The second-order valence-corrected chi connectivity index (χ2v) is 3.96. The Morgan fingerprint density at radius 1 is 1.58 bits per heavy atom. The number of hydrogen-bond acceptors (Lipinski definition) is 1. The van der Waals surface area contributed by atoms with Crippen LogP contribution in [0, 0.1) is 5.92 Å². The monoisotopic (exact) mass is 171 g/mol. The summed E-state index contributed by atoms with van der Waals surface area (Å²) in [6, 6.07) is 0. The summed E-state index contributed by atoms with van der Waals surface area (Å²) < 4.78 is 13.2. The van der Waals surface area contributed by atoms with Crippen molar-refractivity contribution >= 4 is 0 Å². The van der Waals surface area contributed by atoms with E-state index in [-0.39, 0.29) is 0 Å². The van der Waals surface area contributed by atoms with Gasteiger partial charge in [0.05, 0.1) is 0 Å². The van der Waals surface area contributed by atoms with Crippen molar-refractivity contribution in [1.82, 2.24) is 4.90 Å². The largest absolute Gasteiger partial charge is 0.300 e. The first kappa shape index (κ1) is 9.72. The minimum atomic E-state index is -0.675. The second kappa shape index (κ2) is 4.04. The molecule has 0 N–H and O–H groups in total. The lowest BCUT2D eigenvalue weighted by Gasteiger charge is -2.13. The van der Waals surface area contributed by atoms with E-state index in [4.69, 9.17) is 0 Å². The molecule has 1 unspecified atom stereocenters. The molecule has 0 aromatic rings. The Hall–Kier alpha value is -0.370. The number of allylic oxidation sites excluding steroid dienone is 1. The van der Waals surface area contributed by atoms with E-state index >= 15 is 0 Å². The third-order valence-corrected chi connectivity index (χ3v) is 2.37. The topological polar surface area (TPSA) is 3.24 Å². The molecule has 70 valence electrons. The van der Waals surface area contributed by atoms with Gasteiger partial charge in [-0.3, -0.25) is 4.90 Å². The van der Waals surface area contributed by atoms with Gasteiger partial charge in [-0.1, -0.05) is 25.5 Å². The molecule has 0 aliphatic carbocycles. The van der Waals surface area contributed by atoms with Crippen LogP contribution in [0.4, 0.5) is 4.39 Å². The van der Waals surface area contributed by atoms with Crippen LogP contribution in [-0.2, 0) is 0 Å². The fourth-order valence-corrected chi connectivity index (χ4v) is 1.56. The molecule has 1 heterocycles. The summed E-state index contributed by atoms with van der Waals surface area (Å²) in [5.74, 6) is 0.495. The van der Waals surface area contributed by atoms with E-state index in [0.29, 0.717) is 18.9 Å². The summed E-state index contributed by atoms with van der Waals surface area (Å²) in [4.78, 5) is 2.03. The third kappa shape index (κ3) is 2.59. The van der Waals surface area contributed by atoms with Crippen molar-refractivity contribution in [2.45, 2.75) is 26.4 Å². The van der Waals surface area contributed by atoms with Gasteiger partial charge in [-0.2, -0.15) is 0 Å². The molecule has 12 heavy (non-hydrogen) atoms. The van der Waals surface area contributed by atoms with Crippen LogP contribution >= 0.6 is 0 Å². The summed E-state index contributed by atoms with van der Waals surface area (Å²) in [5, 5.41) is 0. The van der Waals surface area contributed by atoms with Gasteiger partial charge in [-0.25, -0.2) is 4.39 Å². The number of likely N-dealkylation sites (N-methyl/N-ethyl adjacent to an activating group) is 1. The lowest BCUT2D eigenvalue weighted by molar-refractivity contribution is 0.239. The molecule has 0 amide bonds. The van der Waals surface area contributed by atoms with Crippen LogP contribution in [0.1, 0.15) is 20.3 Å². The maximum Gasteiger partial charge on any atom is 0.116 e. The quantitative estimate of drug-likeness (QED) is 0.547. The Kier molecular flexibility index (Phi) is 3.27. The highest BCUT2D eigenvalue weighted by Gasteiger charge is 2.17. The van der Waals surface area contributed by atoms with E-state index < -0.39 is 6.17 Å². The lowest BCUT2D eigenvalue weighted by atomic mass is 9.98. The van der Waals surface area contributed by atoms with Crippen LogP contribution < -0.4 is 0 Å². The van der Waals surface area contributed by atoms with E-state index in [0.717, 1.165) is 6.54 Å². The van der Waals surface area contributed by atoms with E-state index in [1.807, 2.05) is 11.9 Å². The SMILES string of the molecule is CC(C)C1=CCN(C)CC(F)C1. The number of hydrogen-bond donors (Lipinski definition) is 0. The first-order valence-electron chi connectivity index (χ1n) is 4.61. The van der Waals surface area contributed by atoms with Crippen LogP contribution in [0.3, 0.4) is 0 Å². The van der Waals surface area contributed by atoms with Crippen molar-refractivity contribution in [2.24, 2.45) is 5.92 Å². The number of rotatable bonds is 1. The lowest BCUT2D eigenvalue weighted by Crippen LogP contribution is -2.24. The van der Waals surface area contributed by atoms with E-state index in [9.17, 15) is 4.39 Å². The van der Waals surface area contributed by atoms with Crippen molar-refractivity contribution in [1.29, 1.82) is 0 Å². The van der Waals surface area contributed by atoms with Gasteiger partial charge in [-0.05, 0) is 13.0 Å². The van der Waals surface area contributed by atoms with Crippen molar-refractivity contribution < 1.29 is 4.39 Å². The summed E-state index contributed by atoms with van der Waals surface area (Å²) in [6.07, 6.45) is 2.12. The van der Waals surface area contributed by atoms with Crippen molar-refractivity contribution in [3.05, 3.63) is 11.6 Å². The highest BCUT2D eigenvalue weighted by atomic mass is 19.1. The van der Waals surface area contributed by atoms with E-state index in [2.05, 4.69) is 19.9 Å². The molecule has 0 saturated heterocycles. The van der Waals surface area contributed by atoms with Gasteiger partial charge >= 0.3 is 0 Å². The maximum absolute atomic E-state index is 13.2. The van der Waals surface area contributed by atoms with Crippen LogP contribution in [0.2, 0.25) is 0 Å². The summed E-state index contributed by atoms with van der Waals surface area (Å²) in [7, 11) is 1.96. The van der Waals surface area contributed by atoms with Crippen molar-refractivity contribution in [3.63, 3.8) is 0 Å². The first-order chi connectivity index (χ1) is 5.59. The molecule has 0 aromatic heterocycles.